The second-order valence-electron chi connectivity index (χ2n) is 12.6. The summed E-state index contributed by atoms with van der Waals surface area (Å²) in [5.74, 6) is -0.984. The Labute approximate surface area is 275 Å². The van der Waals surface area contributed by atoms with E-state index in [0.717, 1.165) is 5.56 Å². The molecule has 1 amide bonds. The highest BCUT2D eigenvalue weighted by Gasteiger charge is 2.58. The molecule has 0 aromatic heterocycles. The van der Waals surface area contributed by atoms with Gasteiger partial charge < -0.3 is 54.9 Å². The molecule has 47 heavy (non-hydrogen) atoms. The van der Waals surface area contributed by atoms with Crippen molar-refractivity contribution in [1.29, 1.82) is 0 Å². The summed E-state index contributed by atoms with van der Waals surface area (Å²) in [5, 5.41) is 68.8. The molecule has 6 rings (SSSR count). The monoisotopic (exact) mass is 678 g/mol. The number of hydroxylamine groups is 2. The third-order valence-corrected chi connectivity index (χ3v) is 9.76. The number of nitrogens with one attached hydrogen (secondary N) is 1. The van der Waals surface area contributed by atoms with Gasteiger partial charge in [0.25, 0.3) is 0 Å². The van der Waals surface area contributed by atoms with E-state index in [0.29, 0.717) is 17.0 Å². The van der Waals surface area contributed by atoms with Gasteiger partial charge in [-0.1, -0.05) is 29.8 Å². The number of rotatable bonds is 7. The average molecular weight is 679 g/mol. The molecular formula is C32H39ClN2O12. The number of ether oxygens (including phenoxy) is 4. The van der Waals surface area contributed by atoms with Crippen molar-refractivity contribution in [3.05, 3.63) is 64.2 Å². The largest absolute Gasteiger partial charge is 0.504 e. The number of phenols is 1. The summed E-state index contributed by atoms with van der Waals surface area (Å²) < 4.78 is 22.4. The molecule has 1 saturated carbocycles. The predicted octanol–water partition coefficient (Wildman–Crippen LogP) is 0.364. The van der Waals surface area contributed by atoms with Gasteiger partial charge in [0.05, 0.1) is 11.6 Å². The molecule has 2 aromatic rings. The maximum absolute atomic E-state index is 12.9. The van der Waals surface area contributed by atoms with Crippen LogP contribution in [0.1, 0.15) is 37.5 Å². The van der Waals surface area contributed by atoms with Gasteiger partial charge >= 0.3 is 0 Å². The third kappa shape index (κ3) is 6.36. The molecule has 1 unspecified atom stereocenters. The van der Waals surface area contributed by atoms with E-state index in [1.54, 1.807) is 30.3 Å². The minimum Gasteiger partial charge on any atom is -0.504 e. The maximum atomic E-state index is 12.9. The smallest absolute Gasteiger partial charge is 0.247 e. The van der Waals surface area contributed by atoms with Gasteiger partial charge in [-0.25, -0.2) is 0 Å². The number of hydrogen-bond acceptors (Lipinski definition) is 13. The molecule has 4 aliphatic rings. The number of likely N-dealkylation sites (N-methyl/N-ethyl adjacent to an activating group) is 1. The number of fused-ring (bicyclic) bond motifs is 1. The van der Waals surface area contributed by atoms with Crippen molar-refractivity contribution in [3.63, 3.8) is 0 Å². The molecule has 4 fully saturated rings. The van der Waals surface area contributed by atoms with Crippen molar-refractivity contribution in [2.24, 2.45) is 0 Å². The minimum atomic E-state index is -1.50. The van der Waals surface area contributed by atoms with Crippen molar-refractivity contribution in [1.82, 2.24) is 10.4 Å². The predicted molar refractivity (Wildman–Crippen MR) is 164 cm³/mol. The Balaban J connectivity index is 1.10. The van der Waals surface area contributed by atoms with Gasteiger partial charge in [-0.2, -0.15) is 5.06 Å². The second-order valence-corrected chi connectivity index (χ2v) is 13.1. The van der Waals surface area contributed by atoms with Crippen molar-refractivity contribution < 1.29 is 59.2 Å². The molecule has 3 saturated heterocycles. The first kappa shape index (κ1) is 34.0. The van der Waals surface area contributed by atoms with E-state index >= 15 is 0 Å². The lowest BCUT2D eigenvalue weighted by atomic mass is 9.83. The highest BCUT2D eigenvalue weighted by Crippen LogP contribution is 2.46. The zero-order valence-electron chi connectivity index (χ0n) is 25.8. The van der Waals surface area contributed by atoms with Crippen LogP contribution in [0.15, 0.2) is 48.0 Å². The number of nitrogens with zero attached hydrogens (tertiary/aromatic N) is 1. The van der Waals surface area contributed by atoms with Gasteiger partial charge in [0, 0.05) is 24.1 Å². The summed E-state index contributed by atoms with van der Waals surface area (Å²) in [6.07, 6.45) is -9.49. The van der Waals surface area contributed by atoms with E-state index in [2.05, 4.69) is 5.32 Å². The van der Waals surface area contributed by atoms with E-state index in [-0.39, 0.29) is 30.0 Å². The van der Waals surface area contributed by atoms with Gasteiger partial charge in [-0.3, -0.25) is 9.63 Å². The first-order valence-corrected chi connectivity index (χ1v) is 15.6. The maximum Gasteiger partial charge on any atom is 0.247 e. The molecule has 2 aromatic carbocycles. The van der Waals surface area contributed by atoms with Crippen LogP contribution in [0, 0.1) is 0 Å². The van der Waals surface area contributed by atoms with Gasteiger partial charge in [-0.05, 0) is 55.3 Å². The Hall–Kier alpha value is -2.86. The fourth-order valence-corrected chi connectivity index (χ4v) is 6.88. The molecule has 0 radical (unpaired) electrons. The minimum absolute atomic E-state index is 0.0325. The lowest BCUT2D eigenvalue weighted by molar-refractivity contribution is -0.209. The Morgan fingerprint density at radius 2 is 1.74 bits per heavy atom. The summed E-state index contributed by atoms with van der Waals surface area (Å²) in [4.78, 5) is 19.0. The first-order chi connectivity index (χ1) is 22.3. The summed E-state index contributed by atoms with van der Waals surface area (Å²) in [6, 6.07) is 10.4. The van der Waals surface area contributed by atoms with E-state index < -0.39 is 72.6 Å². The Morgan fingerprint density at radius 1 is 1.02 bits per heavy atom. The average Bonchev–Trinajstić information content (AvgIpc) is 3.73. The molecule has 15 heteroatoms. The van der Waals surface area contributed by atoms with Crippen LogP contribution in [0.25, 0.3) is 6.08 Å². The summed E-state index contributed by atoms with van der Waals surface area (Å²) in [5.41, 5.74) is 0.581. The van der Waals surface area contributed by atoms with Crippen LogP contribution < -0.4 is 10.1 Å². The number of aromatic hydroxyl groups is 1. The molecule has 256 valence electrons. The van der Waals surface area contributed by atoms with Gasteiger partial charge in [0.2, 0.25) is 12.2 Å². The topological polar surface area (TPSA) is 200 Å². The fourth-order valence-electron chi connectivity index (χ4n) is 6.68. The quantitative estimate of drug-likeness (QED) is 0.198. The van der Waals surface area contributed by atoms with Crippen molar-refractivity contribution in [3.8, 4) is 11.5 Å². The normalized spacial score (nSPS) is 39.2. The van der Waals surface area contributed by atoms with E-state index in [1.807, 2.05) is 19.1 Å². The molecule has 1 aliphatic carbocycles. The summed E-state index contributed by atoms with van der Waals surface area (Å²) in [6.45, 7) is 3.20. The van der Waals surface area contributed by atoms with E-state index in [9.17, 15) is 35.4 Å². The number of amides is 1. The number of carbonyl (C=O) groups excluding carboxylic acids is 1. The van der Waals surface area contributed by atoms with Crippen molar-refractivity contribution in [2.75, 3.05) is 13.8 Å². The highest BCUT2D eigenvalue weighted by molar-refractivity contribution is 6.30. The summed E-state index contributed by atoms with van der Waals surface area (Å²) >= 11 is 6.17. The molecule has 7 N–H and O–H groups in total. The number of halogens is 1. The zero-order chi connectivity index (χ0) is 33.8. The van der Waals surface area contributed by atoms with Crippen LogP contribution in [0.3, 0.4) is 0 Å². The number of aliphatic hydroxyl groups is 5. The van der Waals surface area contributed by atoms with Crippen molar-refractivity contribution in [2.45, 2.75) is 93.1 Å². The Bertz CT molecular complexity index is 1510. The third-order valence-electron chi connectivity index (χ3n) is 9.53. The molecule has 3 aliphatic heterocycles. The van der Waals surface area contributed by atoms with Crippen LogP contribution in [-0.4, -0.2) is 122 Å². The molecule has 0 bridgehead atoms. The molecule has 0 spiro atoms. The van der Waals surface area contributed by atoms with Crippen LogP contribution in [0.5, 0.6) is 11.5 Å². The molecular weight excluding hydrogens is 640 g/mol. The first-order valence-electron chi connectivity index (χ1n) is 15.2. The van der Waals surface area contributed by atoms with E-state index in [1.165, 1.54) is 25.1 Å². The number of aliphatic hydroxyl groups excluding tert-OH is 5. The molecule has 12 atom stereocenters. The van der Waals surface area contributed by atoms with Crippen LogP contribution in [0.2, 0.25) is 5.02 Å². The lowest BCUT2D eigenvalue weighted by Crippen LogP contribution is -2.67. The lowest BCUT2D eigenvalue weighted by Gasteiger charge is -2.41. The fraction of sp³-hybridized carbons (Fsp3) is 0.531. The SMILES string of the molecule is CC(=Cc1ccc(O[C@@H]2O[C@H](C3(C)C[C@H](c4cccc(Cl)c4)ON3C)[C@@H](O)[C@@H]2O)c(O)c1)C(=O)N[C@@H]1[C@H](O)[C@@H](O)[C@H]2OCO[C@H]2[C@@H]1O. The van der Waals surface area contributed by atoms with Crippen molar-refractivity contribution >= 4 is 23.6 Å². The second kappa shape index (κ2) is 13.2. The Kier molecular flexibility index (Phi) is 9.56. The van der Waals surface area contributed by atoms with Crippen LogP contribution in [0.4, 0.5) is 0 Å². The number of hydrogen-bond donors (Lipinski definition) is 7. The molecule has 14 nitrogen and oxygen atoms in total. The standard InChI is InChI=1S/C32H39ClN2O12/c1-14(30(42)34-21-22(37)24(39)28-27(23(21)38)43-13-44-28)9-15-7-8-19(18(36)10-15)45-31-26(41)25(40)29(46-31)32(2)12-20(47-35(32)3)16-5-4-6-17(33)11-16/h4-11,20-29,31,36-41H,12-13H2,1-3H3,(H,34,42)/t20-,21-,22+,23-,24-,25+,26+,27+,28-,29+,31-,32?/m1/s1. The number of benzene rings is 2. The van der Waals surface area contributed by atoms with Crippen LogP contribution in [-0.2, 0) is 23.8 Å². The van der Waals surface area contributed by atoms with Gasteiger partial charge in [0.1, 0.15) is 61.7 Å². The van der Waals surface area contributed by atoms with Gasteiger partial charge in [0.15, 0.2) is 11.5 Å². The molecule has 3 heterocycles. The van der Waals surface area contributed by atoms with E-state index in [4.69, 9.17) is 35.4 Å². The van der Waals surface area contributed by atoms with Gasteiger partial charge in [-0.15, -0.1) is 0 Å². The summed E-state index contributed by atoms with van der Waals surface area (Å²) in [7, 11) is 1.72. The highest BCUT2D eigenvalue weighted by atomic mass is 35.5. The Morgan fingerprint density at radius 3 is 2.45 bits per heavy atom. The number of phenolic OH excluding ortho intramolecular Hbond substituents is 1. The number of carbonyl (C=O) groups is 1. The van der Waals surface area contributed by atoms with Crippen LogP contribution >= 0.6 is 11.6 Å². The zero-order valence-corrected chi connectivity index (χ0v) is 26.6.